The van der Waals surface area contributed by atoms with Gasteiger partial charge in [-0.25, -0.2) is 5.48 Å². The molecule has 0 aliphatic carbocycles. The van der Waals surface area contributed by atoms with E-state index in [1.807, 2.05) is 66.9 Å². The predicted octanol–water partition coefficient (Wildman–Crippen LogP) is 2.58. The van der Waals surface area contributed by atoms with Gasteiger partial charge in [-0.15, -0.1) is 0 Å². The Labute approximate surface area is 121 Å². The van der Waals surface area contributed by atoms with Crippen molar-refractivity contribution < 1.29 is 10.0 Å². The molecule has 2 aromatic carbocycles. The number of nitrogens with zero attached hydrogens (tertiary/aromatic N) is 1. The van der Waals surface area contributed by atoms with E-state index in [-0.39, 0.29) is 0 Å². The second-order valence-corrected chi connectivity index (χ2v) is 4.72. The summed E-state index contributed by atoms with van der Waals surface area (Å²) in [6, 6.07) is 18.5. The van der Waals surface area contributed by atoms with Crippen LogP contribution in [0.5, 0.6) is 0 Å². The zero-order valence-corrected chi connectivity index (χ0v) is 11.2. The molecule has 0 spiro atoms. The maximum absolute atomic E-state index is 11.9. The van der Waals surface area contributed by atoms with Crippen LogP contribution >= 0.6 is 0 Å². The lowest BCUT2D eigenvalue weighted by molar-refractivity contribution is -0.131. The van der Waals surface area contributed by atoms with E-state index >= 15 is 0 Å². The molecule has 0 radical (unpaired) electrons. The predicted molar refractivity (Wildman–Crippen MR) is 78.7 cm³/mol. The molecule has 0 aliphatic heterocycles. The van der Waals surface area contributed by atoms with Crippen LogP contribution in [0.1, 0.15) is 11.6 Å². The van der Waals surface area contributed by atoms with Gasteiger partial charge in [-0.3, -0.25) is 19.8 Å². The van der Waals surface area contributed by atoms with E-state index in [0.29, 0.717) is 0 Å². The van der Waals surface area contributed by atoms with Gasteiger partial charge in [-0.05, 0) is 5.56 Å². The Hall–Kier alpha value is -2.79. The average Bonchev–Trinajstić information content (AvgIpc) is 2.51. The number of rotatable bonds is 4. The van der Waals surface area contributed by atoms with Gasteiger partial charge in [-0.2, -0.15) is 0 Å². The molecule has 3 rings (SSSR count). The van der Waals surface area contributed by atoms with Crippen molar-refractivity contribution >= 4 is 5.91 Å². The molecule has 0 saturated heterocycles. The molecule has 1 amide bonds. The van der Waals surface area contributed by atoms with Crippen molar-refractivity contribution in [3.05, 3.63) is 72.4 Å². The summed E-state index contributed by atoms with van der Waals surface area (Å²) in [5, 5.41) is 12.1. The maximum Gasteiger partial charge on any atom is 0.272 e. The Morgan fingerprint density at radius 1 is 1.05 bits per heavy atom. The van der Waals surface area contributed by atoms with Gasteiger partial charge in [-0.1, -0.05) is 60.7 Å². The first kappa shape index (κ1) is 13.2. The number of H-pyrrole nitrogens is 1. The number of hydrogen-bond donors (Lipinski definition) is 3. The topological polar surface area (TPSA) is 70.0 Å². The fraction of sp³-hybridized carbons (Fsp3) is 0.0625. The Morgan fingerprint density at radius 3 is 2.19 bits per heavy atom. The number of benzene rings is 2. The third-order valence-corrected chi connectivity index (χ3v) is 3.35. The molecule has 5 heteroatoms. The highest BCUT2D eigenvalue weighted by Crippen LogP contribution is 2.24. The van der Waals surface area contributed by atoms with E-state index in [1.165, 1.54) is 0 Å². The van der Waals surface area contributed by atoms with Crippen molar-refractivity contribution in [1.29, 1.82) is 0 Å². The Kier molecular flexibility index (Phi) is 3.57. The molecule has 3 N–H and O–H groups in total. The van der Waals surface area contributed by atoms with Crippen LogP contribution in [0.3, 0.4) is 0 Å². The monoisotopic (exact) mass is 281 g/mol. The smallest absolute Gasteiger partial charge is 0.272 e. The first-order chi connectivity index (χ1) is 10.3. The second-order valence-electron chi connectivity index (χ2n) is 4.72. The van der Waals surface area contributed by atoms with Gasteiger partial charge in [0.1, 0.15) is 0 Å². The van der Waals surface area contributed by atoms with Gasteiger partial charge in [0.25, 0.3) is 5.91 Å². The summed E-state index contributed by atoms with van der Waals surface area (Å²) in [5.41, 5.74) is 4.49. The fourth-order valence-corrected chi connectivity index (χ4v) is 2.30. The zero-order chi connectivity index (χ0) is 14.7. The third-order valence-electron chi connectivity index (χ3n) is 3.35. The molecule has 1 atom stereocenters. The quantitative estimate of drug-likeness (QED) is 0.508. The molecule has 1 aromatic heterocycles. The highest BCUT2D eigenvalue weighted by atomic mass is 16.5. The number of hydrogen-bond acceptors (Lipinski definition) is 2. The molecular weight excluding hydrogens is 266 g/mol. The van der Waals surface area contributed by atoms with Crippen LogP contribution < -0.4 is 5.48 Å². The van der Waals surface area contributed by atoms with E-state index in [2.05, 4.69) is 5.10 Å². The first-order valence-corrected chi connectivity index (χ1v) is 6.61. The van der Waals surface area contributed by atoms with Crippen molar-refractivity contribution in [2.75, 3.05) is 0 Å². The average molecular weight is 281 g/mol. The summed E-state index contributed by atoms with van der Waals surface area (Å²) in [4.78, 5) is 11.9. The minimum atomic E-state index is -0.622. The van der Waals surface area contributed by atoms with Crippen molar-refractivity contribution in [2.45, 2.75) is 6.04 Å². The zero-order valence-electron chi connectivity index (χ0n) is 11.2. The van der Waals surface area contributed by atoms with Gasteiger partial charge < -0.3 is 0 Å². The molecule has 3 aromatic rings. The van der Waals surface area contributed by atoms with Gasteiger partial charge in [0.05, 0.1) is 5.69 Å². The van der Waals surface area contributed by atoms with E-state index in [0.717, 1.165) is 16.8 Å². The van der Waals surface area contributed by atoms with Crippen molar-refractivity contribution in [3.8, 4) is 11.3 Å². The van der Waals surface area contributed by atoms with E-state index < -0.39 is 11.9 Å². The molecule has 5 nitrogen and oxygen atoms in total. The largest absolute Gasteiger partial charge is 0.296 e. The molecule has 1 unspecified atom stereocenters. The van der Waals surface area contributed by atoms with E-state index in [1.54, 1.807) is 10.2 Å². The van der Waals surface area contributed by atoms with Crippen LogP contribution in [-0.4, -0.2) is 20.9 Å². The highest BCUT2D eigenvalue weighted by molar-refractivity contribution is 5.82. The minimum absolute atomic E-state index is 0.489. The second kappa shape index (κ2) is 5.68. The van der Waals surface area contributed by atoms with Crippen LogP contribution in [0, 0.1) is 0 Å². The summed E-state index contributed by atoms with van der Waals surface area (Å²) in [6.45, 7) is 0. The molecule has 0 saturated carbocycles. The van der Waals surface area contributed by atoms with Crippen LogP contribution in [0.2, 0.25) is 0 Å². The summed E-state index contributed by atoms with van der Waals surface area (Å²) in [6.07, 6.45) is 1.85. The van der Waals surface area contributed by atoms with E-state index in [9.17, 15) is 4.79 Å². The standard InChI is InChI=1S/C16H15N3O2/c20-16(18-21)15(13-9-5-2-6-10-13)19-11-14(17-19)12-7-3-1-4-8-12/h1-11,15,17,21H,(H,18,20). The van der Waals surface area contributed by atoms with Crippen LogP contribution in [0.4, 0.5) is 0 Å². The highest BCUT2D eigenvalue weighted by Gasteiger charge is 2.24. The molecule has 0 bridgehead atoms. The summed E-state index contributed by atoms with van der Waals surface area (Å²) in [7, 11) is 0. The van der Waals surface area contributed by atoms with Crippen molar-refractivity contribution in [3.63, 3.8) is 0 Å². The van der Waals surface area contributed by atoms with Gasteiger partial charge >= 0.3 is 0 Å². The Balaban J connectivity index is 1.91. The Bertz CT molecular complexity index is 704. The Morgan fingerprint density at radius 2 is 1.62 bits per heavy atom. The lowest BCUT2D eigenvalue weighted by Gasteiger charge is -2.24. The third kappa shape index (κ3) is 2.59. The van der Waals surface area contributed by atoms with E-state index in [4.69, 9.17) is 5.21 Å². The lowest BCUT2D eigenvalue weighted by atomic mass is 10.1. The normalized spacial score (nSPS) is 12.0. The van der Waals surface area contributed by atoms with Crippen LogP contribution in [-0.2, 0) is 4.79 Å². The van der Waals surface area contributed by atoms with Gasteiger partial charge in [0.2, 0.25) is 0 Å². The number of nitrogens with one attached hydrogen (secondary N) is 2. The SMILES string of the molecule is O=C(NO)C(c1ccccc1)n1cc(-c2ccccc2)[nH]1. The number of carbonyl (C=O) groups is 1. The summed E-state index contributed by atoms with van der Waals surface area (Å²) >= 11 is 0. The van der Waals surface area contributed by atoms with Gasteiger partial charge in [0.15, 0.2) is 6.04 Å². The number of aromatic nitrogens is 2. The van der Waals surface area contributed by atoms with Gasteiger partial charge in [0, 0.05) is 11.8 Å². The number of aromatic amines is 1. The summed E-state index contributed by atoms with van der Waals surface area (Å²) < 4.78 is 1.67. The van der Waals surface area contributed by atoms with Crippen LogP contribution in [0.25, 0.3) is 11.3 Å². The fourth-order valence-electron chi connectivity index (χ4n) is 2.30. The summed E-state index contributed by atoms with van der Waals surface area (Å²) in [5.74, 6) is -0.489. The molecule has 21 heavy (non-hydrogen) atoms. The number of carbonyl (C=O) groups excluding carboxylic acids is 1. The molecule has 0 fully saturated rings. The number of hydroxylamine groups is 1. The molecule has 106 valence electrons. The molecule has 0 aliphatic rings. The van der Waals surface area contributed by atoms with Crippen LogP contribution in [0.15, 0.2) is 66.9 Å². The first-order valence-electron chi connectivity index (χ1n) is 6.61. The van der Waals surface area contributed by atoms with Crippen molar-refractivity contribution in [1.82, 2.24) is 15.3 Å². The minimum Gasteiger partial charge on any atom is -0.296 e. The molecular formula is C16H15N3O2. The maximum atomic E-state index is 11.9. The number of amides is 1. The van der Waals surface area contributed by atoms with Crippen molar-refractivity contribution in [2.24, 2.45) is 0 Å². The molecule has 1 heterocycles. The lowest BCUT2D eigenvalue weighted by Crippen LogP contribution is -2.33.